The number of nitrogens with one attached hydrogen (secondary N) is 3. The molecule has 0 spiro atoms. The normalized spacial score (nSPS) is 14.1. The lowest BCUT2D eigenvalue weighted by Crippen LogP contribution is -2.45. The average Bonchev–Trinajstić information content (AvgIpc) is 1.56. The van der Waals surface area contributed by atoms with Gasteiger partial charge in [-0.2, -0.15) is 0 Å². The summed E-state index contributed by atoms with van der Waals surface area (Å²) in [5, 5.41) is 9.71. The molecular formula is C123H180F3N9O9. The summed E-state index contributed by atoms with van der Waals surface area (Å²) >= 11 is 0. The monoisotopic (exact) mass is 1980 g/mol. The lowest BCUT2D eigenvalue weighted by atomic mass is 10.1. The molecule has 0 aliphatic carbocycles. The van der Waals surface area contributed by atoms with Crippen LogP contribution in [0.25, 0.3) is 0 Å². The van der Waals surface area contributed by atoms with Gasteiger partial charge in [0.25, 0.3) is 5.91 Å². The lowest BCUT2D eigenvalue weighted by molar-refractivity contribution is -0.143. The number of esters is 1. The molecule has 9 aromatic rings. The zero-order valence-corrected chi connectivity index (χ0v) is 90.9. The van der Waals surface area contributed by atoms with Gasteiger partial charge in [-0.3, -0.25) is 28.9 Å². The first-order valence-corrected chi connectivity index (χ1v) is 53.6. The first-order chi connectivity index (χ1) is 69.7. The second-order valence-corrected chi connectivity index (χ2v) is 37.4. The van der Waals surface area contributed by atoms with Gasteiger partial charge in [0.1, 0.15) is 18.2 Å². The Balaban J connectivity index is 0.000000340. The van der Waals surface area contributed by atoms with Crippen LogP contribution in [0.15, 0.2) is 242 Å². The highest BCUT2D eigenvalue weighted by atomic mass is 19.1. The van der Waals surface area contributed by atoms with Gasteiger partial charge in [0.15, 0.2) is 11.6 Å². The molecule has 792 valence electrons. The maximum atomic E-state index is 13.3. The second kappa shape index (κ2) is 78.4. The molecule has 9 aromatic carbocycles. The number of benzene rings is 9. The van der Waals surface area contributed by atoms with Gasteiger partial charge in [-0.25, -0.2) is 13.2 Å². The number of anilines is 3. The number of ether oxygens (including phenoxy) is 4. The predicted molar refractivity (Wildman–Crippen MR) is 595 cm³/mol. The summed E-state index contributed by atoms with van der Waals surface area (Å²) in [5.41, 5.74) is 16.4. The number of rotatable bonds is 41. The van der Waals surface area contributed by atoms with E-state index in [-0.39, 0.29) is 47.9 Å². The molecule has 0 aromatic heterocycles. The van der Waals surface area contributed by atoms with E-state index >= 15 is 0 Å². The van der Waals surface area contributed by atoms with Crippen LogP contribution in [0.5, 0.6) is 5.75 Å². The molecule has 4 heterocycles. The van der Waals surface area contributed by atoms with E-state index in [9.17, 15) is 37.1 Å². The van der Waals surface area contributed by atoms with Gasteiger partial charge in [0.05, 0.1) is 31.2 Å². The lowest BCUT2D eigenvalue weighted by Gasteiger charge is -2.36. The Morgan fingerprint density at radius 1 is 0.465 bits per heavy atom. The number of halogens is 3. The fourth-order valence-corrected chi connectivity index (χ4v) is 15.3. The van der Waals surface area contributed by atoms with Crippen LogP contribution in [0.4, 0.5) is 30.2 Å². The summed E-state index contributed by atoms with van der Waals surface area (Å²) < 4.78 is 59.6. The molecule has 0 saturated carbocycles. The third-order valence-electron chi connectivity index (χ3n) is 24.7. The molecule has 3 amide bonds. The van der Waals surface area contributed by atoms with Crippen molar-refractivity contribution in [2.75, 3.05) is 127 Å². The first-order valence-electron chi connectivity index (χ1n) is 53.6. The number of para-hydroxylation sites is 2. The third-order valence-corrected chi connectivity index (χ3v) is 24.7. The number of hydrogen-bond acceptors (Lipinski definition) is 15. The van der Waals surface area contributed by atoms with E-state index in [1.807, 2.05) is 83.9 Å². The molecule has 3 N–H and O–H groups in total. The Kier molecular flexibility index (Phi) is 68.3. The fraction of sp³-hybridized carbons (Fsp3) is 0.504. The number of carbonyl (C=O) groups excluding carboxylic acids is 5. The molecule has 144 heavy (non-hydrogen) atoms. The van der Waals surface area contributed by atoms with E-state index in [1.54, 1.807) is 17.9 Å². The largest absolute Gasteiger partial charge is 0.489 e. The molecule has 0 bridgehead atoms. The number of allylic oxidation sites excluding steroid dienone is 2. The van der Waals surface area contributed by atoms with Crippen LogP contribution < -0.4 is 35.4 Å². The van der Waals surface area contributed by atoms with E-state index in [0.29, 0.717) is 56.8 Å². The smallest absolute Gasteiger partial charge is 0.305 e. The van der Waals surface area contributed by atoms with Crippen LogP contribution >= 0.6 is 0 Å². The third kappa shape index (κ3) is 57.1. The van der Waals surface area contributed by atoms with Crippen molar-refractivity contribution in [3.63, 3.8) is 0 Å². The zero-order valence-electron chi connectivity index (χ0n) is 90.9. The number of nitrogens with zero attached hydrogens (tertiary/aromatic N) is 6. The number of aryl methyl sites for hydroxylation is 5. The van der Waals surface area contributed by atoms with Crippen LogP contribution in [0.3, 0.4) is 0 Å². The maximum Gasteiger partial charge on any atom is 0.305 e. The molecular weight excluding hydrogens is 1800 g/mol. The van der Waals surface area contributed by atoms with Crippen molar-refractivity contribution in [1.29, 1.82) is 0 Å². The molecule has 4 saturated heterocycles. The summed E-state index contributed by atoms with van der Waals surface area (Å²) in [5.74, 6) is -0.201. The highest BCUT2D eigenvalue weighted by Crippen LogP contribution is 2.27. The Morgan fingerprint density at radius 3 is 1.51 bits per heavy atom. The Hall–Kier alpha value is -10.9. The van der Waals surface area contributed by atoms with E-state index in [4.69, 9.17) is 18.9 Å². The van der Waals surface area contributed by atoms with E-state index in [0.717, 1.165) is 244 Å². The van der Waals surface area contributed by atoms with Gasteiger partial charge in [0, 0.05) is 186 Å². The van der Waals surface area contributed by atoms with Gasteiger partial charge >= 0.3 is 5.97 Å². The topological polar surface area (TPSA) is 178 Å². The molecule has 13 rings (SSSR count). The van der Waals surface area contributed by atoms with E-state index in [2.05, 4.69) is 280 Å². The minimum Gasteiger partial charge on any atom is -0.489 e. The first kappa shape index (κ1) is 125. The molecule has 21 heteroatoms. The van der Waals surface area contributed by atoms with E-state index in [1.165, 1.54) is 73.6 Å². The number of Topliss-reactive ketones (excluding diaryl/α,β-unsaturated/α-hetero) is 1. The number of likely N-dealkylation sites (N-methyl/N-ethyl adjacent to an activating group) is 1. The number of hydrogen-bond donors (Lipinski definition) is 3. The van der Waals surface area contributed by atoms with Crippen molar-refractivity contribution in [2.24, 2.45) is 0 Å². The molecule has 0 radical (unpaired) electrons. The van der Waals surface area contributed by atoms with Crippen LogP contribution in [0.1, 0.15) is 277 Å². The van der Waals surface area contributed by atoms with Gasteiger partial charge in [-0.05, 0) is 201 Å². The Bertz CT molecular complexity index is 4780. The van der Waals surface area contributed by atoms with Crippen molar-refractivity contribution in [3.8, 4) is 5.75 Å². The highest BCUT2D eigenvalue weighted by Gasteiger charge is 2.30. The van der Waals surface area contributed by atoms with Crippen molar-refractivity contribution < 1.29 is 56.1 Å². The molecule has 2 unspecified atom stereocenters. The van der Waals surface area contributed by atoms with Crippen LogP contribution in [0.2, 0.25) is 0 Å². The van der Waals surface area contributed by atoms with Crippen molar-refractivity contribution in [2.45, 2.75) is 296 Å². The minimum atomic E-state index is -0.551. The van der Waals surface area contributed by atoms with Crippen LogP contribution in [-0.2, 0) is 59.6 Å². The zero-order chi connectivity index (χ0) is 105. The van der Waals surface area contributed by atoms with Crippen molar-refractivity contribution in [1.82, 2.24) is 30.7 Å². The van der Waals surface area contributed by atoms with Crippen LogP contribution in [0, 0.1) is 46.3 Å². The van der Waals surface area contributed by atoms with Gasteiger partial charge in [0.2, 0.25) is 11.8 Å². The maximum absolute atomic E-state index is 13.3. The standard InChI is InChI=1S/C19H22N2O.2C18H22N2.C16H17F2NO.C13H18O2.C8H15F.2C8H17NO.C8H16O.C7H14O2/c1-15-8-10-17(11-9-15)21-13-12-18(14-21)20(2)19(22)16-6-4-3-5-7-16;1-16-7-9-17(10-8-16)15-19-11-13-20(14-12-19)18-5-3-2-4-6-18;1-15-7-9-16(10-8-15)13-19-17-11-12-20(14-17)18-5-3-2-4-6-18;1-12-2-4-13(5-3-12)11-19-8-9-20-16-10-14(17)6-7-15(16)18;1-11-2-4-12(5-3-11)10-15-13-6-8-14-9-7-13;1-3-5-6-7-8(9)4-2;1-4-6-7-9(3)8(10)5-2;1-3-5-7-9-8(10)6-4-2;1-3-5-7-8(9)6-4-2;1-3-5-6-9-7(8)4-2/h3-11,18H,12-14H2,1-2H3;2-10H,11-15H2,1H3;2-10,17,19H,11-14H2,1H3;2-7,10,19H,8-9,11H2,1H3;2-5,13H,6-10H2,1H3;7H,3-6H2,1-2H3;4-7H2,1-3H3;3-7H2,1-2H3,(H,9,10);3-7H2,1-2H3;3-6H2,1-2H3/b;;;;;8-7-;;;;. The number of amides is 3. The van der Waals surface area contributed by atoms with Gasteiger partial charge in [-0.1, -0.05) is 299 Å². The van der Waals surface area contributed by atoms with Gasteiger partial charge in [-0.15, -0.1) is 0 Å². The molecule has 4 aliphatic heterocycles. The molecule has 2 atom stereocenters. The van der Waals surface area contributed by atoms with Gasteiger partial charge < -0.3 is 59.4 Å². The van der Waals surface area contributed by atoms with Crippen molar-refractivity contribution >= 4 is 46.5 Å². The highest BCUT2D eigenvalue weighted by molar-refractivity contribution is 5.94. The number of piperazine rings is 1. The van der Waals surface area contributed by atoms with Crippen LogP contribution in [-0.4, -0.2) is 175 Å². The number of unbranched alkanes of at least 4 members (excludes halogenated alkanes) is 6. The van der Waals surface area contributed by atoms with E-state index < -0.39 is 11.6 Å². The quantitative estimate of drug-likeness (QED) is 0.0243. The Morgan fingerprint density at radius 2 is 0.972 bits per heavy atom. The summed E-state index contributed by atoms with van der Waals surface area (Å²) in [6, 6.07) is 78.0. The predicted octanol–water partition coefficient (Wildman–Crippen LogP) is 27.2. The fourth-order valence-electron chi connectivity index (χ4n) is 15.3. The summed E-state index contributed by atoms with van der Waals surface area (Å²) in [6.07, 6.45) is 24.1. The average molecular weight is 1990 g/mol. The summed E-state index contributed by atoms with van der Waals surface area (Å²) in [7, 11) is 3.78. The number of ketones is 1. The second-order valence-electron chi connectivity index (χ2n) is 37.4. The summed E-state index contributed by atoms with van der Waals surface area (Å²) in [6.45, 7) is 47.7. The Labute approximate surface area is 866 Å². The minimum absolute atomic E-state index is 0.0310. The molecule has 4 fully saturated rings. The SMILES string of the molecule is CCCC/C=C(\F)CC.CCCCC(=O)CCC.CCCCN(C)C(=O)CC.CCCCNC(=O)CCC.CCCCOC(=O)CC.Cc1ccc(CN2CCN(c3ccccc3)CC2)cc1.Cc1ccc(CNC2CCN(c3ccccc3)C2)cc1.Cc1ccc(CNCCOc2cc(F)ccc2F)cc1.Cc1ccc(COC2CCOCC2)cc1.Cc1ccc(N2CCC(N(C)C(=O)c3ccccc3)C2)cc1. The number of carbonyl (C=O) groups is 5. The molecule has 18 nitrogen and oxygen atoms in total. The van der Waals surface area contributed by atoms with Crippen molar-refractivity contribution in [3.05, 3.63) is 310 Å². The summed E-state index contributed by atoms with van der Waals surface area (Å²) in [4.78, 5) is 69.1. The molecule has 4 aliphatic rings.